The van der Waals surface area contributed by atoms with Crippen LogP contribution in [0.25, 0.3) is 21.6 Å². The van der Waals surface area contributed by atoms with Gasteiger partial charge in [0.2, 0.25) is 0 Å². The fourth-order valence-corrected chi connectivity index (χ4v) is 2.62. The van der Waals surface area contributed by atoms with Crippen molar-refractivity contribution in [3.8, 4) is 11.4 Å². The normalized spacial score (nSPS) is 11.2. The number of nitrogen functional groups attached to an aromatic ring is 1. The highest BCUT2D eigenvalue weighted by Gasteiger charge is 2.09. The summed E-state index contributed by atoms with van der Waals surface area (Å²) in [7, 11) is 1.89. The van der Waals surface area contributed by atoms with Crippen LogP contribution < -0.4 is 5.73 Å². The molecule has 0 aliphatic heterocycles. The zero-order valence-corrected chi connectivity index (χ0v) is 10.3. The molecule has 0 amide bonds. The second kappa shape index (κ2) is 3.53. The molecule has 17 heavy (non-hydrogen) atoms. The second-order valence-corrected chi connectivity index (χ2v) is 4.90. The predicted molar refractivity (Wildman–Crippen MR) is 68.8 cm³/mol. The molecule has 0 unspecified atom stereocenters. The summed E-state index contributed by atoms with van der Waals surface area (Å²) in [6.07, 6.45) is 0. The van der Waals surface area contributed by atoms with Gasteiger partial charge < -0.3 is 5.73 Å². The van der Waals surface area contributed by atoms with Crippen LogP contribution in [0.5, 0.6) is 0 Å². The van der Waals surface area contributed by atoms with Crippen LogP contribution in [0.4, 0.5) is 5.13 Å². The highest BCUT2D eigenvalue weighted by atomic mass is 32.1. The first-order valence-corrected chi connectivity index (χ1v) is 5.99. The number of nitrogens with two attached hydrogens (primary N) is 1. The van der Waals surface area contributed by atoms with Gasteiger partial charge in [-0.2, -0.15) is 5.10 Å². The number of rotatable bonds is 1. The Bertz CT molecular complexity index is 697. The van der Waals surface area contributed by atoms with E-state index in [1.807, 2.05) is 32.2 Å². The van der Waals surface area contributed by atoms with Crippen molar-refractivity contribution in [1.29, 1.82) is 0 Å². The lowest BCUT2D eigenvalue weighted by Crippen LogP contribution is -1.94. The van der Waals surface area contributed by atoms with Crippen molar-refractivity contribution in [3.63, 3.8) is 0 Å². The third-order valence-electron chi connectivity index (χ3n) is 2.53. The molecule has 0 radical (unpaired) electrons. The van der Waals surface area contributed by atoms with Gasteiger partial charge in [0.15, 0.2) is 11.0 Å². The van der Waals surface area contributed by atoms with Gasteiger partial charge in [0.1, 0.15) is 5.82 Å². The zero-order chi connectivity index (χ0) is 12.0. The number of thiazole rings is 1. The minimum absolute atomic E-state index is 0.589. The molecule has 0 spiro atoms. The van der Waals surface area contributed by atoms with Gasteiger partial charge in [-0.05, 0) is 25.1 Å². The van der Waals surface area contributed by atoms with Crippen molar-refractivity contribution >= 4 is 26.7 Å². The smallest absolute Gasteiger partial charge is 0.181 e. The molecule has 0 aliphatic carbocycles. The number of fused-ring (bicyclic) bond motifs is 1. The number of anilines is 1. The van der Waals surface area contributed by atoms with Crippen LogP contribution in [0, 0.1) is 6.92 Å². The summed E-state index contributed by atoms with van der Waals surface area (Å²) in [5.74, 6) is 1.63. The van der Waals surface area contributed by atoms with Crippen molar-refractivity contribution in [2.75, 3.05) is 5.73 Å². The highest BCUT2D eigenvalue weighted by molar-refractivity contribution is 7.22. The molecule has 6 heteroatoms. The van der Waals surface area contributed by atoms with E-state index >= 15 is 0 Å². The molecule has 1 aromatic carbocycles. The van der Waals surface area contributed by atoms with Crippen molar-refractivity contribution in [2.24, 2.45) is 7.05 Å². The molecule has 3 rings (SSSR count). The van der Waals surface area contributed by atoms with Crippen LogP contribution >= 0.6 is 11.3 Å². The van der Waals surface area contributed by atoms with Crippen molar-refractivity contribution < 1.29 is 0 Å². The number of hydrogen-bond donors (Lipinski definition) is 1. The summed E-state index contributed by atoms with van der Waals surface area (Å²) in [6.45, 7) is 1.88. The minimum Gasteiger partial charge on any atom is -0.375 e. The van der Waals surface area contributed by atoms with E-state index in [1.165, 1.54) is 11.3 Å². The fourth-order valence-electron chi connectivity index (χ4n) is 1.85. The summed E-state index contributed by atoms with van der Waals surface area (Å²) in [4.78, 5) is 8.63. The minimum atomic E-state index is 0.589. The molecular formula is C11H11N5S. The Hall–Kier alpha value is -1.95. The Kier molecular flexibility index (Phi) is 2.12. The van der Waals surface area contributed by atoms with E-state index in [-0.39, 0.29) is 0 Å². The zero-order valence-electron chi connectivity index (χ0n) is 9.51. The van der Waals surface area contributed by atoms with E-state index in [2.05, 4.69) is 15.1 Å². The van der Waals surface area contributed by atoms with E-state index in [0.29, 0.717) is 5.13 Å². The third-order valence-corrected chi connectivity index (χ3v) is 3.38. The van der Waals surface area contributed by atoms with Gasteiger partial charge in [0.25, 0.3) is 0 Å². The average Bonchev–Trinajstić information content (AvgIpc) is 2.78. The molecule has 0 aliphatic rings. The van der Waals surface area contributed by atoms with E-state index in [0.717, 1.165) is 27.4 Å². The van der Waals surface area contributed by atoms with E-state index < -0.39 is 0 Å². The second-order valence-electron chi connectivity index (χ2n) is 3.84. The molecule has 0 saturated heterocycles. The molecule has 3 aromatic rings. The van der Waals surface area contributed by atoms with Gasteiger partial charge in [0, 0.05) is 12.6 Å². The van der Waals surface area contributed by atoms with E-state index in [9.17, 15) is 0 Å². The SMILES string of the molecule is Cc1nc(-c2ccc3nc(N)sc3c2)n(C)n1. The van der Waals surface area contributed by atoms with E-state index in [1.54, 1.807) is 4.68 Å². The van der Waals surface area contributed by atoms with Crippen LogP contribution in [0.3, 0.4) is 0 Å². The van der Waals surface area contributed by atoms with Gasteiger partial charge in [-0.15, -0.1) is 0 Å². The van der Waals surface area contributed by atoms with Crippen LogP contribution in [-0.2, 0) is 7.05 Å². The number of aromatic nitrogens is 4. The third kappa shape index (κ3) is 1.66. The van der Waals surface area contributed by atoms with Crippen molar-refractivity contribution in [3.05, 3.63) is 24.0 Å². The fraction of sp³-hybridized carbons (Fsp3) is 0.182. The Labute approximate surface area is 102 Å². The summed E-state index contributed by atoms with van der Waals surface area (Å²) in [5, 5.41) is 4.83. The first-order chi connectivity index (χ1) is 8.13. The molecule has 0 saturated carbocycles. The lowest BCUT2D eigenvalue weighted by atomic mass is 10.2. The number of benzene rings is 1. The molecule has 0 atom stereocenters. The Balaban J connectivity index is 2.20. The largest absolute Gasteiger partial charge is 0.375 e. The molecule has 0 bridgehead atoms. The van der Waals surface area contributed by atoms with Crippen LogP contribution in [-0.4, -0.2) is 19.7 Å². The summed E-state index contributed by atoms with van der Waals surface area (Å²) < 4.78 is 2.85. The van der Waals surface area contributed by atoms with Gasteiger partial charge >= 0.3 is 0 Å². The van der Waals surface area contributed by atoms with Crippen molar-refractivity contribution in [1.82, 2.24) is 19.7 Å². The van der Waals surface area contributed by atoms with E-state index in [4.69, 9.17) is 5.73 Å². The van der Waals surface area contributed by atoms with Crippen LogP contribution in [0.1, 0.15) is 5.82 Å². The molecule has 5 nitrogen and oxygen atoms in total. The topological polar surface area (TPSA) is 69.6 Å². The maximum atomic E-state index is 5.69. The molecular weight excluding hydrogens is 234 g/mol. The number of aryl methyl sites for hydroxylation is 2. The van der Waals surface area contributed by atoms with Crippen molar-refractivity contribution in [2.45, 2.75) is 6.92 Å². The Morgan fingerprint density at radius 3 is 2.82 bits per heavy atom. The van der Waals surface area contributed by atoms with Gasteiger partial charge in [0.05, 0.1) is 10.2 Å². The van der Waals surface area contributed by atoms with Crippen LogP contribution in [0.15, 0.2) is 18.2 Å². The predicted octanol–water partition coefficient (Wildman–Crippen LogP) is 1.98. The first kappa shape index (κ1) is 10.2. The Morgan fingerprint density at radius 1 is 1.29 bits per heavy atom. The monoisotopic (exact) mass is 245 g/mol. The first-order valence-electron chi connectivity index (χ1n) is 5.17. The Morgan fingerprint density at radius 2 is 2.12 bits per heavy atom. The quantitative estimate of drug-likeness (QED) is 0.711. The lowest BCUT2D eigenvalue weighted by Gasteiger charge is -1.99. The molecule has 2 heterocycles. The maximum Gasteiger partial charge on any atom is 0.181 e. The number of hydrogen-bond acceptors (Lipinski definition) is 5. The molecule has 2 N–H and O–H groups in total. The number of nitrogens with zero attached hydrogens (tertiary/aromatic N) is 4. The highest BCUT2D eigenvalue weighted by Crippen LogP contribution is 2.28. The maximum absolute atomic E-state index is 5.69. The summed E-state index contributed by atoms with van der Waals surface area (Å²) in [5.41, 5.74) is 7.65. The molecule has 2 aromatic heterocycles. The summed E-state index contributed by atoms with van der Waals surface area (Å²) in [6, 6.07) is 6.00. The summed E-state index contributed by atoms with van der Waals surface area (Å²) >= 11 is 1.48. The molecule has 0 fully saturated rings. The van der Waals surface area contributed by atoms with Gasteiger partial charge in [-0.25, -0.2) is 14.6 Å². The van der Waals surface area contributed by atoms with Gasteiger partial charge in [-0.3, -0.25) is 0 Å². The molecule has 86 valence electrons. The van der Waals surface area contributed by atoms with Crippen LogP contribution in [0.2, 0.25) is 0 Å². The average molecular weight is 245 g/mol. The lowest BCUT2D eigenvalue weighted by molar-refractivity contribution is 0.764. The van der Waals surface area contributed by atoms with Gasteiger partial charge in [-0.1, -0.05) is 11.3 Å². The standard InChI is InChI=1S/C11H11N5S/c1-6-13-10(16(2)15-6)7-3-4-8-9(5-7)17-11(12)14-8/h3-5H,1-2H3,(H2,12,14).